The standard InChI is InChI=1S/C11H13NO5/c1-6-5-10(17-8(3)11(13)14)7(2)4-9(6)12(15)16/h4-5,8H,1-3H3,(H,13,14)/t8-/m0/s1. The fourth-order valence-electron chi connectivity index (χ4n) is 1.34. The normalized spacial score (nSPS) is 11.9. The van der Waals surface area contributed by atoms with Crippen molar-refractivity contribution in [2.45, 2.75) is 26.9 Å². The third-order valence-corrected chi connectivity index (χ3v) is 2.34. The summed E-state index contributed by atoms with van der Waals surface area (Å²) in [7, 11) is 0. The minimum atomic E-state index is -1.08. The average molecular weight is 239 g/mol. The monoisotopic (exact) mass is 239 g/mol. The highest BCUT2D eigenvalue weighted by molar-refractivity contribution is 5.72. The Balaban J connectivity index is 3.08. The van der Waals surface area contributed by atoms with Gasteiger partial charge in [-0.3, -0.25) is 10.1 Å². The topological polar surface area (TPSA) is 89.7 Å². The number of aryl methyl sites for hydroxylation is 2. The van der Waals surface area contributed by atoms with Gasteiger partial charge in [0.2, 0.25) is 0 Å². The van der Waals surface area contributed by atoms with Crippen molar-refractivity contribution in [3.8, 4) is 5.75 Å². The molecule has 0 radical (unpaired) electrons. The van der Waals surface area contributed by atoms with E-state index in [2.05, 4.69) is 0 Å². The second kappa shape index (κ2) is 4.82. The van der Waals surface area contributed by atoms with Gasteiger partial charge in [0.15, 0.2) is 6.10 Å². The Labute approximate surface area is 98.0 Å². The van der Waals surface area contributed by atoms with Crippen LogP contribution < -0.4 is 4.74 Å². The summed E-state index contributed by atoms with van der Waals surface area (Å²) in [5.41, 5.74) is 0.974. The molecule has 0 aliphatic rings. The number of nitro benzene ring substituents is 1. The fourth-order valence-corrected chi connectivity index (χ4v) is 1.34. The summed E-state index contributed by atoms with van der Waals surface area (Å²) in [5.74, 6) is -0.733. The van der Waals surface area contributed by atoms with Crippen LogP contribution >= 0.6 is 0 Å². The van der Waals surface area contributed by atoms with Gasteiger partial charge in [-0.2, -0.15) is 0 Å². The first kappa shape index (κ1) is 13.0. The number of nitrogens with zero attached hydrogens (tertiary/aromatic N) is 1. The molecule has 92 valence electrons. The molecular weight excluding hydrogens is 226 g/mol. The molecule has 1 aromatic carbocycles. The molecule has 0 heterocycles. The number of rotatable bonds is 4. The van der Waals surface area contributed by atoms with Gasteiger partial charge in [-0.15, -0.1) is 0 Å². The first-order valence-electron chi connectivity index (χ1n) is 4.98. The van der Waals surface area contributed by atoms with Gasteiger partial charge in [-0.1, -0.05) is 0 Å². The van der Waals surface area contributed by atoms with E-state index in [1.165, 1.54) is 19.1 Å². The summed E-state index contributed by atoms with van der Waals surface area (Å²) in [6.45, 7) is 4.62. The largest absolute Gasteiger partial charge is 0.479 e. The van der Waals surface area contributed by atoms with E-state index in [9.17, 15) is 14.9 Å². The van der Waals surface area contributed by atoms with Gasteiger partial charge in [-0.25, -0.2) is 4.79 Å². The lowest BCUT2D eigenvalue weighted by atomic mass is 10.1. The number of hydrogen-bond donors (Lipinski definition) is 1. The summed E-state index contributed by atoms with van der Waals surface area (Å²) in [6.07, 6.45) is -0.991. The summed E-state index contributed by atoms with van der Waals surface area (Å²) in [6, 6.07) is 2.85. The van der Waals surface area contributed by atoms with Crippen molar-refractivity contribution in [3.05, 3.63) is 33.4 Å². The molecule has 0 fully saturated rings. The second-order valence-electron chi connectivity index (χ2n) is 3.76. The van der Waals surface area contributed by atoms with E-state index in [0.717, 1.165) is 0 Å². The van der Waals surface area contributed by atoms with Gasteiger partial charge >= 0.3 is 5.97 Å². The maximum absolute atomic E-state index is 10.7. The lowest BCUT2D eigenvalue weighted by Crippen LogP contribution is -2.23. The quantitative estimate of drug-likeness (QED) is 0.641. The smallest absolute Gasteiger partial charge is 0.344 e. The maximum Gasteiger partial charge on any atom is 0.344 e. The fraction of sp³-hybridized carbons (Fsp3) is 0.364. The molecule has 0 bridgehead atoms. The summed E-state index contributed by atoms with van der Waals surface area (Å²) < 4.78 is 5.20. The third-order valence-electron chi connectivity index (χ3n) is 2.34. The van der Waals surface area contributed by atoms with Crippen molar-refractivity contribution in [1.29, 1.82) is 0 Å². The first-order chi connectivity index (χ1) is 7.82. The molecule has 1 rings (SSSR count). The molecule has 1 atom stereocenters. The zero-order valence-corrected chi connectivity index (χ0v) is 9.76. The molecule has 0 aromatic heterocycles. The highest BCUT2D eigenvalue weighted by Gasteiger charge is 2.18. The van der Waals surface area contributed by atoms with Crippen molar-refractivity contribution in [2.24, 2.45) is 0 Å². The van der Waals surface area contributed by atoms with Crippen molar-refractivity contribution in [2.75, 3.05) is 0 Å². The molecule has 0 amide bonds. The predicted octanol–water partition coefficient (Wildman–Crippen LogP) is 2.06. The van der Waals surface area contributed by atoms with E-state index in [1.807, 2.05) is 0 Å². The first-order valence-corrected chi connectivity index (χ1v) is 4.98. The number of ether oxygens (including phenoxy) is 1. The van der Waals surface area contributed by atoms with Crippen LogP contribution in [-0.2, 0) is 4.79 Å². The van der Waals surface area contributed by atoms with Gasteiger partial charge in [0, 0.05) is 11.6 Å². The van der Waals surface area contributed by atoms with E-state index in [-0.39, 0.29) is 5.69 Å². The zero-order valence-electron chi connectivity index (χ0n) is 9.76. The van der Waals surface area contributed by atoms with Crippen LogP contribution in [0.4, 0.5) is 5.69 Å². The Bertz CT molecular complexity index is 469. The Morgan fingerprint density at radius 3 is 2.47 bits per heavy atom. The number of aliphatic carboxylic acids is 1. The van der Waals surface area contributed by atoms with Gasteiger partial charge < -0.3 is 9.84 Å². The minimum Gasteiger partial charge on any atom is -0.479 e. The Morgan fingerprint density at radius 1 is 1.41 bits per heavy atom. The predicted molar refractivity (Wildman–Crippen MR) is 60.3 cm³/mol. The lowest BCUT2D eigenvalue weighted by Gasteiger charge is -2.13. The SMILES string of the molecule is Cc1cc([N+](=O)[O-])c(C)cc1O[C@@H](C)C(=O)O. The Morgan fingerprint density at radius 2 is 2.00 bits per heavy atom. The number of carboxylic acids is 1. The Kier molecular flexibility index (Phi) is 3.67. The number of benzene rings is 1. The van der Waals surface area contributed by atoms with Gasteiger partial charge in [0.1, 0.15) is 5.75 Å². The van der Waals surface area contributed by atoms with Crippen LogP contribution in [-0.4, -0.2) is 22.1 Å². The zero-order chi connectivity index (χ0) is 13.2. The highest BCUT2D eigenvalue weighted by atomic mass is 16.6. The number of carbonyl (C=O) groups is 1. The van der Waals surface area contributed by atoms with E-state index in [4.69, 9.17) is 9.84 Å². The van der Waals surface area contributed by atoms with Crippen LogP contribution in [0.2, 0.25) is 0 Å². The molecule has 0 unspecified atom stereocenters. The van der Waals surface area contributed by atoms with Crippen molar-refractivity contribution >= 4 is 11.7 Å². The number of carboxylic acid groups (broad SMARTS) is 1. The molecule has 0 aliphatic heterocycles. The van der Waals surface area contributed by atoms with E-state index >= 15 is 0 Å². The maximum atomic E-state index is 10.7. The Hall–Kier alpha value is -2.11. The summed E-state index contributed by atoms with van der Waals surface area (Å²) >= 11 is 0. The van der Waals surface area contributed by atoms with Crippen molar-refractivity contribution < 1.29 is 19.6 Å². The summed E-state index contributed by atoms with van der Waals surface area (Å²) in [5, 5.41) is 19.4. The molecule has 1 aromatic rings. The van der Waals surface area contributed by atoms with Crippen molar-refractivity contribution in [1.82, 2.24) is 0 Å². The van der Waals surface area contributed by atoms with Crippen LogP contribution in [0.1, 0.15) is 18.1 Å². The molecule has 0 saturated carbocycles. The van der Waals surface area contributed by atoms with Crippen LogP contribution in [0.3, 0.4) is 0 Å². The molecule has 17 heavy (non-hydrogen) atoms. The van der Waals surface area contributed by atoms with Gasteiger partial charge in [0.05, 0.1) is 4.92 Å². The van der Waals surface area contributed by atoms with Crippen LogP contribution in [0.5, 0.6) is 5.75 Å². The molecule has 6 heteroatoms. The van der Waals surface area contributed by atoms with Crippen LogP contribution in [0, 0.1) is 24.0 Å². The minimum absolute atomic E-state index is 0.00201. The third kappa shape index (κ3) is 2.93. The van der Waals surface area contributed by atoms with Crippen LogP contribution in [0.15, 0.2) is 12.1 Å². The van der Waals surface area contributed by atoms with Crippen LogP contribution in [0.25, 0.3) is 0 Å². The number of nitro groups is 1. The molecule has 0 saturated heterocycles. The lowest BCUT2D eigenvalue weighted by molar-refractivity contribution is -0.385. The molecule has 6 nitrogen and oxygen atoms in total. The molecule has 0 spiro atoms. The van der Waals surface area contributed by atoms with Gasteiger partial charge in [-0.05, 0) is 32.4 Å². The van der Waals surface area contributed by atoms with E-state index in [0.29, 0.717) is 16.9 Å². The molecule has 0 aliphatic carbocycles. The summed E-state index contributed by atoms with van der Waals surface area (Å²) in [4.78, 5) is 20.8. The second-order valence-corrected chi connectivity index (χ2v) is 3.76. The van der Waals surface area contributed by atoms with Crippen molar-refractivity contribution in [3.63, 3.8) is 0 Å². The molecule has 1 N–H and O–H groups in total. The van der Waals surface area contributed by atoms with Gasteiger partial charge in [0.25, 0.3) is 5.69 Å². The van der Waals surface area contributed by atoms with E-state index in [1.54, 1.807) is 13.8 Å². The molecular formula is C11H13NO5. The highest BCUT2D eigenvalue weighted by Crippen LogP contribution is 2.28. The number of hydrogen-bond acceptors (Lipinski definition) is 4. The average Bonchev–Trinajstić information content (AvgIpc) is 2.22. The van der Waals surface area contributed by atoms with E-state index < -0.39 is 17.0 Å².